The molecule has 0 aromatic rings. The SMILES string of the molecule is CC1CCC(CNC(C)(C)C)C(CC2CC3CCC2C3)C1. The second-order valence-corrected chi connectivity index (χ2v) is 9.74. The van der Waals surface area contributed by atoms with E-state index in [2.05, 4.69) is 33.0 Å². The highest BCUT2D eigenvalue weighted by molar-refractivity contribution is 4.93. The molecule has 3 aliphatic rings. The molecular weight excluding hydrogens is 254 g/mol. The van der Waals surface area contributed by atoms with Gasteiger partial charge in [0.15, 0.2) is 0 Å². The maximum Gasteiger partial charge on any atom is 0.00966 e. The molecule has 0 spiro atoms. The van der Waals surface area contributed by atoms with Crippen molar-refractivity contribution in [2.75, 3.05) is 6.54 Å². The van der Waals surface area contributed by atoms with Gasteiger partial charge in [0.2, 0.25) is 0 Å². The molecule has 0 amide bonds. The molecule has 0 aromatic heterocycles. The summed E-state index contributed by atoms with van der Waals surface area (Å²) in [5, 5.41) is 3.80. The van der Waals surface area contributed by atoms with Gasteiger partial charge in [0.1, 0.15) is 0 Å². The summed E-state index contributed by atoms with van der Waals surface area (Å²) in [6.45, 7) is 10.7. The first-order valence-corrected chi connectivity index (χ1v) is 9.65. The summed E-state index contributed by atoms with van der Waals surface area (Å²) in [5.74, 6) is 6.25. The van der Waals surface area contributed by atoms with Crippen LogP contribution in [0.25, 0.3) is 0 Å². The Morgan fingerprint density at radius 3 is 2.29 bits per heavy atom. The van der Waals surface area contributed by atoms with E-state index < -0.39 is 0 Å². The first kappa shape index (κ1) is 15.8. The average Bonchev–Trinajstić information content (AvgIpc) is 2.99. The van der Waals surface area contributed by atoms with Crippen molar-refractivity contribution in [2.45, 2.75) is 84.6 Å². The Morgan fingerprint density at radius 2 is 1.67 bits per heavy atom. The summed E-state index contributed by atoms with van der Waals surface area (Å²) in [7, 11) is 0. The number of rotatable bonds is 4. The van der Waals surface area contributed by atoms with Crippen molar-refractivity contribution in [3.63, 3.8) is 0 Å². The van der Waals surface area contributed by atoms with Crippen molar-refractivity contribution in [1.29, 1.82) is 0 Å². The van der Waals surface area contributed by atoms with E-state index in [0.29, 0.717) is 0 Å². The lowest BCUT2D eigenvalue weighted by molar-refractivity contribution is 0.131. The Kier molecular flexibility index (Phi) is 4.69. The molecule has 2 bridgehead atoms. The standard InChI is InChI=1S/C20H37N/c1-14-5-7-17(13-21-20(2,3)4)18(9-14)12-19-11-15-6-8-16(19)10-15/h14-19,21H,5-13H2,1-4H3. The molecule has 6 atom stereocenters. The Labute approximate surface area is 132 Å². The third kappa shape index (κ3) is 4.03. The van der Waals surface area contributed by atoms with E-state index in [1.165, 1.54) is 25.8 Å². The molecule has 0 aromatic carbocycles. The molecule has 1 N–H and O–H groups in total. The van der Waals surface area contributed by atoms with Gasteiger partial charge in [-0.1, -0.05) is 19.8 Å². The van der Waals surface area contributed by atoms with Crippen molar-refractivity contribution in [2.24, 2.45) is 35.5 Å². The van der Waals surface area contributed by atoms with Crippen LogP contribution in [0.1, 0.15) is 79.1 Å². The van der Waals surface area contributed by atoms with E-state index in [-0.39, 0.29) is 5.54 Å². The van der Waals surface area contributed by atoms with Crippen LogP contribution < -0.4 is 5.32 Å². The molecule has 3 fully saturated rings. The van der Waals surface area contributed by atoms with Gasteiger partial charge >= 0.3 is 0 Å². The van der Waals surface area contributed by atoms with Gasteiger partial charge in [-0.3, -0.25) is 0 Å². The lowest BCUT2D eigenvalue weighted by Crippen LogP contribution is -2.42. The second kappa shape index (κ2) is 6.22. The van der Waals surface area contributed by atoms with E-state index in [9.17, 15) is 0 Å². The van der Waals surface area contributed by atoms with Crippen LogP contribution in [0.15, 0.2) is 0 Å². The number of hydrogen-bond acceptors (Lipinski definition) is 1. The third-order valence-corrected chi connectivity index (χ3v) is 6.79. The van der Waals surface area contributed by atoms with Crippen molar-refractivity contribution >= 4 is 0 Å². The highest BCUT2D eigenvalue weighted by Crippen LogP contribution is 2.52. The van der Waals surface area contributed by atoms with Crippen LogP contribution in [-0.2, 0) is 0 Å². The summed E-state index contributed by atoms with van der Waals surface area (Å²) in [4.78, 5) is 0. The van der Waals surface area contributed by atoms with E-state index in [4.69, 9.17) is 0 Å². The molecule has 0 saturated heterocycles. The zero-order chi connectivity index (χ0) is 15.0. The van der Waals surface area contributed by atoms with Crippen LogP contribution in [0.5, 0.6) is 0 Å². The fraction of sp³-hybridized carbons (Fsp3) is 1.00. The van der Waals surface area contributed by atoms with Gasteiger partial charge in [-0.15, -0.1) is 0 Å². The second-order valence-electron chi connectivity index (χ2n) is 9.74. The Bertz CT molecular complexity index is 342. The minimum absolute atomic E-state index is 0.278. The molecule has 0 radical (unpaired) electrons. The molecule has 3 rings (SSSR count). The number of hydrogen-bond donors (Lipinski definition) is 1. The molecule has 0 aliphatic heterocycles. The molecule has 21 heavy (non-hydrogen) atoms. The predicted octanol–water partition coefficient (Wildman–Crippen LogP) is 5.25. The van der Waals surface area contributed by atoms with Crippen molar-refractivity contribution < 1.29 is 0 Å². The minimum Gasteiger partial charge on any atom is -0.312 e. The normalized spacial score (nSPS) is 43.4. The van der Waals surface area contributed by atoms with E-state index in [0.717, 1.165) is 35.5 Å². The van der Waals surface area contributed by atoms with Gasteiger partial charge in [-0.25, -0.2) is 0 Å². The van der Waals surface area contributed by atoms with Gasteiger partial charge in [0.25, 0.3) is 0 Å². The van der Waals surface area contributed by atoms with Crippen molar-refractivity contribution in [3.8, 4) is 0 Å². The van der Waals surface area contributed by atoms with Crippen LogP contribution in [-0.4, -0.2) is 12.1 Å². The lowest BCUT2D eigenvalue weighted by atomic mass is 9.69. The topological polar surface area (TPSA) is 12.0 Å². The molecule has 1 heteroatoms. The maximum absolute atomic E-state index is 3.80. The molecular formula is C20H37N. The quantitative estimate of drug-likeness (QED) is 0.745. The first-order valence-electron chi connectivity index (χ1n) is 9.65. The average molecular weight is 292 g/mol. The zero-order valence-electron chi connectivity index (χ0n) is 14.8. The Morgan fingerprint density at radius 1 is 0.857 bits per heavy atom. The van der Waals surface area contributed by atoms with Crippen LogP contribution in [0.4, 0.5) is 0 Å². The van der Waals surface area contributed by atoms with Crippen LogP contribution in [0.2, 0.25) is 0 Å². The largest absolute Gasteiger partial charge is 0.312 e. The van der Waals surface area contributed by atoms with E-state index in [1.807, 2.05) is 0 Å². The van der Waals surface area contributed by atoms with Gasteiger partial charge in [-0.2, -0.15) is 0 Å². The third-order valence-electron chi connectivity index (χ3n) is 6.79. The number of nitrogens with one attached hydrogen (secondary N) is 1. The van der Waals surface area contributed by atoms with Crippen molar-refractivity contribution in [3.05, 3.63) is 0 Å². The highest BCUT2D eigenvalue weighted by Gasteiger charge is 2.41. The van der Waals surface area contributed by atoms with Crippen molar-refractivity contribution in [1.82, 2.24) is 5.32 Å². The summed E-state index contributed by atoms with van der Waals surface area (Å²) in [6, 6.07) is 0. The van der Waals surface area contributed by atoms with Gasteiger partial charge in [0, 0.05) is 5.54 Å². The monoisotopic (exact) mass is 291 g/mol. The highest BCUT2D eigenvalue weighted by atomic mass is 14.9. The lowest BCUT2D eigenvalue weighted by Gasteiger charge is -2.39. The zero-order valence-corrected chi connectivity index (χ0v) is 14.8. The summed E-state index contributed by atoms with van der Waals surface area (Å²) in [5.41, 5.74) is 0.278. The Balaban J connectivity index is 1.56. The number of fused-ring (bicyclic) bond motifs is 2. The molecule has 3 saturated carbocycles. The minimum atomic E-state index is 0.278. The molecule has 3 aliphatic carbocycles. The van der Waals surface area contributed by atoms with Gasteiger partial charge in [-0.05, 0) is 101 Å². The predicted molar refractivity (Wildman–Crippen MR) is 91.3 cm³/mol. The maximum atomic E-state index is 3.80. The van der Waals surface area contributed by atoms with E-state index >= 15 is 0 Å². The van der Waals surface area contributed by atoms with E-state index in [1.54, 1.807) is 32.1 Å². The first-order chi connectivity index (χ1) is 9.90. The molecule has 0 heterocycles. The smallest absolute Gasteiger partial charge is 0.00966 e. The molecule has 122 valence electrons. The van der Waals surface area contributed by atoms with Gasteiger partial charge in [0.05, 0.1) is 0 Å². The summed E-state index contributed by atoms with van der Waals surface area (Å²) < 4.78 is 0. The summed E-state index contributed by atoms with van der Waals surface area (Å²) >= 11 is 0. The Hall–Kier alpha value is -0.0400. The molecule has 1 nitrogen and oxygen atoms in total. The van der Waals surface area contributed by atoms with Crippen LogP contribution in [0.3, 0.4) is 0 Å². The van der Waals surface area contributed by atoms with Gasteiger partial charge < -0.3 is 5.32 Å². The fourth-order valence-electron chi connectivity index (χ4n) is 5.61. The fourth-order valence-corrected chi connectivity index (χ4v) is 5.61. The molecule has 6 unspecified atom stereocenters. The van der Waals surface area contributed by atoms with Crippen LogP contribution >= 0.6 is 0 Å². The summed E-state index contributed by atoms with van der Waals surface area (Å²) in [6.07, 6.45) is 12.3. The van der Waals surface area contributed by atoms with Crippen LogP contribution in [0, 0.1) is 35.5 Å².